The quantitative estimate of drug-likeness (QED) is 0.621. The Morgan fingerprint density at radius 1 is 1.18 bits per heavy atom. The van der Waals surface area contributed by atoms with E-state index in [-0.39, 0.29) is 16.9 Å². The van der Waals surface area contributed by atoms with Crippen molar-refractivity contribution in [1.29, 1.82) is 0 Å². The Kier molecular flexibility index (Phi) is 5.04. The third-order valence-corrected chi connectivity index (χ3v) is 4.79. The minimum absolute atomic E-state index is 0.00163. The molecule has 3 aromatic heterocycles. The second-order valence-electron chi connectivity index (χ2n) is 9.36. The normalized spacial score (nSPS) is 12.4. The average molecular weight is 379 g/mol. The topological polar surface area (TPSA) is 50.5 Å². The van der Waals surface area contributed by atoms with E-state index in [0.29, 0.717) is 0 Å². The van der Waals surface area contributed by atoms with Crippen LogP contribution < -0.4 is 4.90 Å². The smallest absolute Gasteiger partial charge is 0.225 e. The third-order valence-electron chi connectivity index (χ3n) is 4.79. The summed E-state index contributed by atoms with van der Waals surface area (Å²) in [5.41, 5.74) is 3.31. The first-order valence-corrected chi connectivity index (χ1v) is 9.69. The highest BCUT2D eigenvalue weighted by molar-refractivity contribution is 5.96. The lowest BCUT2D eigenvalue weighted by molar-refractivity contribution is -0.117. The van der Waals surface area contributed by atoms with Crippen LogP contribution in [-0.2, 0) is 4.79 Å². The van der Waals surface area contributed by atoms with Crippen molar-refractivity contribution in [2.24, 2.45) is 5.41 Å². The number of anilines is 1. The van der Waals surface area contributed by atoms with E-state index in [9.17, 15) is 4.79 Å². The fourth-order valence-electron chi connectivity index (χ4n) is 4.28. The van der Waals surface area contributed by atoms with Gasteiger partial charge >= 0.3 is 0 Å². The summed E-state index contributed by atoms with van der Waals surface area (Å²) in [6.07, 6.45) is 6.39. The van der Waals surface area contributed by atoms with Gasteiger partial charge in [0.05, 0.1) is 0 Å². The third kappa shape index (κ3) is 3.93. The van der Waals surface area contributed by atoms with E-state index in [4.69, 9.17) is 4.98 Å². The lowest BCUT2D eigenvalue weighted by Crippen LogP contribution is -2.50. The van der Waals surface area contributed by atoms with Crippen LogP contribution in [0.15, 0.2) is 42.9 Å². The minimum atomic E-state index is -0.387. The molecule has 3 heterocycles. The zero-order valence-corrected chi connectivity index (χ0v) is 17.9. The summed E-state index contributed by atoms with van der Waals surface area (Å²) in [6.45, 7) is 14.5. The molecule has 0 spiro atoms. The van der Waals surface area contributed by atoms with Gasteiger partial charge in [0.2, 0.25) is 5.91 Å². The average Bonchev–Trinajstić information content (AvgIpc) is 2.91. The minimum Gasteiger partial charge on any atom is -0.291 e. The van der Waals surface area contributed by atoms with Gasteiger partial charge in [-0.15, -0.1) is 0 Å². The van der Waals surface area contributed by atoms with E-state index in [1.807, 2.05) is 46.7 Å². The number of amides is 1. The Morgan fingerprint density at radius 2 is 1.89 bits per heavy atom. The molecule has 0 aliphatic carbocycles. The largest absolute Gasteiger partial charge is 0.291 e. The second kappa shape index (κ2) is 7.04. The number of hydrogen-bond donors (Lipinski definition) is 0. The van der Waals surface area contributed by atoms with Gasteiger partial charge in [-0.2, -0.15) is 0 Å². The van der Waals surface area contributed by atoms with Crippen molar-refractivity contribution in [3.63, 3.8) is 0 Å². The molecule has 0 N–H and O–H groups in total. The van der Waals surface area contributed by atoms with Crippen molar-refractivity contribution in [1.82, 2.24) is 14.4 Å². The van der Waals surface area contributed by atoms with Crippen molar-refractivity contribution in [2.75, 3.05) is 4.90 Å². The lowest BCUT2D eigenvalue weighted by atomic mass is 9.80. The number of pyridine rings is 2. The molecule has 0 aromatic carbocycles. The molecule has 5 nitrogen and oxygen atoms in total. The molecule has 0 fully saturated rings. The van der Waals surface area contributed by atoms with E-state index >= 15 is 0 Å². The van der Waals surface area contributed by atoms with Crippen LogP contribution in [0, 0.1) is 12.3 Å². The molecular formula is C23H30N4O. The molecule has 0 aliphatic heterocycles. The number of aryl methyl sites for hydroxylation is 1. The Bertz CT molecular complexity index is 997. The van der Waals surface area contributed by atoms with Crippen molar-refractivity contribution in [2.45, 2.75) is 60.4 Å². The molecule has 0 atom stereocenters. The summed E-state index contributed by atoms with van der Waals surface area (Å²) in [4.78, 5) is 24.0. The van der Waals surface area contributed by atoms with E-state index in [1.54, 1.807) is 19.3 Å². The molecule has 0 aliphatic rings. The van der Waals surface area contributed by atoms with Gasteiger partial charge in [0.1, 0.15) is 17.2 Å². The first kappa shape index (κ1) is 20.1. The Labute approximate surface area is 167 Å². The molecular weight excluding hydrogens is 348 g/mol. The highest BCUT2D eigenvalue weighted by atomic mass is 16.2. The molecule has 3 aromatic rings. The summed E-state index contributed by atoms with van der Waals surface area (Å²) in [6, 6.07) is 7.96. The number of imidazole rings is 1. The summed E-state index contributed by atoms with van der Waals surface area (Å²) in [7, 11) is 0. The second-order valence-corrected chi connectivity index (χ2v) is 9.36. The van der Waals surface area contributed by atoms with Crippen molar-refractivity contribution >= 4 is 17.4 Å². The van der Waals surface area contributed by atoms with Gasteiger partial charge in [0, 0.05) is 36.6 Å². The maximum Gasteiger partial charge on any atom is 0.225 e. The van der Waals surface area contributed by atoms with Gasteiger partial charge < -0.3 is 0 Å². The number of hydrogen-bond acceptors (Lipinski definition) is 3. The Balaban J connectivity index is 2.30. The first-order valence-electron chi connectivity index (χ1n) is 9.69. The maximum atomic E-state index is 12.9. The molecule has 0 bridgehead atoms. The van der Waals surface area contributed by atoms with Gasteiger partial charge in [-0.25, -0.2) is 4.98 Å². The van der Waals surface area contributed by atoms with Gasteiger partial charge in [0.25, 0.3) is 0 Å². The number of fused-ring (bicyclic) bond motifs is 1. The van der Waals surface area contributed by atoms with Crippen molar-refractivity contribution < 1.29 is 4.79 Å². The van der Waals surface area contributed by atoms with E-state index in [0.717, 1.165) is 34.7 Å². The molecule has 28 heavy (non-hydrogen) atoms. The fraction of sp³-hybridized carbons (Fsp3) is 0.435. The van der Waals surface area contributed by atoms with Crippen LogP contribution in [0.5, 0.6) is 0 Å². The molecule has 3 rings (SSSR count). The number of nitrogens with zero attached hydrogens (tertiary/aromatic N) is 4. The van der Waals surface area contributed by atoms with Crippen molar-refractivity contribution in [3.05, 3.63) is 48.4 Å². The molecule has 0 unspecified atom stereocenters. The summed E-state index contributed by atoms with van der Waals surface area (Å²) in [5.74, 6) is 0.798. The molecule has 0 saturated heterocycles. The van der Waals surface area contributed by atoms with Crippen LogP contribution in [0.25, 0.3) is 16.9 Å². The molecule has 148 valence electrons. The summed E-state index contributed by atoms with van der Waals surface area (Å²) < 4.78 is 2.02. The number of carbonyl (C=O) groups excluding carboxylic acids is 1. The van der Waals surface area contributed by atoms with E-state index < -0.39 is 0 Å². The van der Waals surface area contributed by atoms with Gasteiger partial charge in [-0.3, -0.25) is 19.1 Å². The Hall–Kier alpha value is -2.69. The standard InChI is InChI=1S/C23H30N4O/c1-16-10-12-26-19(13-16)25-20(18-9-8-11-24-14-18)21(26)27(17(2)28)23(6,7)15-22(3,4)5/h8-14H,15H2,1-7H3. The van der Waals surface area contributed by atoms with Crippen LogP contribution in [0.4, 0.5) is 5.82 Å². The number of rotatable bonds is 4. The highest BCUT2D eigenvalue weighted by Gasteiger charge is 2.37. The maximum absolute atomic E-state index is 12.9. The Morgan fingerprint density at radius 3 is 2.46 bits per heavy atom. The van der Waals surface area contributed by atoms with E-state index in [2.05, 4.69) is 39.6 Å². The zero-order valence-electron chi connectivity index (χ0n) is 17.9. The van der Waals surface area contributed by atoms with Gasteiger partial charge in [-0.05, 0) is 62.4 Å². The van der Waals surface area contributed by atoms with Crippen LogP contribution in [0.2, 0.25) is 0 Å². The monoisotopic (exact) mass is 378 g/mol. The first-order chi connectivity index (χ1) is 13.0. The highest BCUT2D eigenvalue weighted by Crippen LogP contribution is 2.39. The SMILES string of the molecule is CC(=O)N(c1c(-c2cccnc2)nc2cc(C)ccn12)C(C)(C)CC(C)(C)C. The van der Waals surface area contributed by atoms with Crippen molar-refractivity contribution in [3.8, 4) is 11.3 Å². The molecule has 1 amide bonds. The predicted octanol–water partition coefficient (Wildman–Crippen LogP) is 5.27. The van der Waals surface area contributed by atoms with Gasteiger partial charge in [0.15, 0.2) is 0 Å². The molecule has 0 saturated carbocycles. The van der Waals surface area contributed by atoms with Crippen LogP contribution in [0.3, 0.4) is 0 Å². The zero-order chi connectivity index (χ0) is 20.7. The van der Waals surface area contributed by atoms with E-state index in [1.165, 1.54) is 0 Å². The van der Waals surface area contributed by atoms with Crippen LogP contribution in [-0.4, -0.2) is 25.8 Å². The molecule has 5 heteroatoms. The van der Waals surface area contributed by atoms with Gasteiger partial charge in [-0.1, -0.05) is 20.8 Å². The summed E-state index contributed by atoms with van der Waals surface area (Å²) in [5, 5.41) is 0. The molecule has 0 radical (unpaired) electrons. The number of aromatic nitrogens is 3. The van der Waals surface area contributed by atoms with Crippen LogP contribution >= 0.6 is 0 Å². The number of carbonyl (C=O) groups is 1. The fourth-order valence-corrected chi connectivity index (χ4v) is 4.28. The van der Waals surface area contributed by atoms with Crippen LogP contribution in [0.1, 0.15) is 53.5 Å². The summed E-state index contributed by atoms with van der Waals surface area (Å²) >= 11 is 0. The predicted molar refractivity (Wildman–Crippen MR) is 114 cm³/mol. The lowest BCUT2D eigenvalue weighted by Gasteiger charge is -2.41.